The molecule has 0 unspecified atom stereocenters. The van der Waals surface area contributed by atoms with Crippen LogP contribution in [0.25, 0.3) is 0 Å². The Bertz CT molecular complexity index is 738. The first-order valence-electron chi connectivity index (χ1n) is 8.09. The van der Waals surface area contributed by atoms with Crippen molar-refractivity contribution in [2.45, 2.75) is 13.0 Å². The van der Waals surface area contributed by atoms with Gasteiger partial charge in [-0.3, -0.25) is 10.3 Å². The molecule has 0 aliphatic heterocycles. The number of ether oxygens (including phenoxy) is 1. The number of nitrogens with one attached hydrogen (secondary N) is 3. The molecule has 3 N–H and O–H groups in total. The zero-order valence-electron chi connectivity index (χ0n) is 15.2. The molecule has 0 atom stereocenters. The van der Waals surface area contributed by atoms with E-state index in [0.29, 0.717) is 23.3 Å². The van der Waals surface area contributed by atoms with Crippen molar-refractivity contribution >= 4 is 53.3 Å². The lowest BCUT2D eigenvalue weighted by Gasteiger charge is -2.12. The molecule has 0 saturated carbocycles. The molecule has 0 aliphatic carbocycles. The predicted molar refractivity (Wildman–Crippen MR) is 119 cm³/mol. The fraction of sp³-hybridized carbons (Fsp3) is 0.278. The second-order valence-electron chi connectivity index (χ2n) is 5.41. The maximum Gasteiger partial charge on any atom is 0.411 e. The number of guanidine groups is 1. The number of aliphatic imine (C=N–C) groups is 1. The van der Waals surface area contributed by atoms with Crippen LogP contribution in [0.5, 0.6) is 0 Å². The van der Waals surface area contributed by atoms with Crippen molar-refractivity contribution in [3.63, 3.8) is 0 Å². The standard InChI is InChI=1S/C18H22ClN5O2.HI/c1-20-17(21-10-9-14-5-8-16(19)22-11-14)23-12-13-3-6-15(7-4-13)24-18(25)26-2;/h3-8,11H,9-10,12H2,1-2H3,(H,24,25)(H2,20,21,23);1H. The number of carbonyl (C=O) groups excluding carboxylic acids is 1. The Balaban J connectivity index is 0.00000364. The summed E-state index contributed by atoms with van der Waals surface area (Å²) in [6, 6.07) is 11.2. The first-order valence-corrected chi connectivity index (χ1v) is 8.47. The molecule has 1 aromatic carbocycles. The summed E-state index contributed by atoms with van der Waals surface area (Å²) in [7, 11) is 3.05. The third-order valence-electron chi connectivity index (χ3n) is 3.56. The van der Waals surface area contributed by atoms with E-state index < -0.39 is 6.09 Å². The zero-order chi connectivity index (χ0) is 18.8. The van der Waals surface area contributed by atoms with Gasteiger partial charge in [-0.05, 0) is 35.7 Å². The fourth-order valence-corrected chi connectivity index (χ4v) is 2.27. The summed E-state index contributed by atoms with van der Waals surface area (Å²) in [5.74, 6) is 0.712. The summed E-state index contributed by atoms with van der Waals surface area (Å²) in [4.78, 5) is 19.4. The van der Waals surface area contributed by atoms with Crippen LogP contribution in [0.4, 0.5) is 10.5 Å². The molecule has 0 spiro atoms. The van der Waals surface area contributed by atoms with Crippen LogP contribution in [0.2, 0.25) is 5.15 Å². The quantitative estimate of drug-likeness (QED) is 0.243. The molecule has 0 fully saturated rings. The van der Waals surface area contributed by atoms with E-state index in [1.54, 1.807) is 19.3 Å². The Kier molecular flexibility index (Phi) is 10.5. The van der Waals surface area contributed by atoms with E-state index in [4.69, 9.17) is 11.6 Å². The Morgan fingerprint density at radius 1 is 1.15 bits per heavy atom. The number of carbonyl (C=O) groups is 1. The third-order valence-corrected chi connectivity index (χ3v) is 3.79. The van der Waals surface area contributed by atoms with Crippen molar-refractivity contribution < 1.29 is 9.53 Å². The molecule has 9 heteroatoms. The highest BCUT2D eigenvalue weighted by Gasteiger charge is 2.02. The number of aromatic nitrogens is 1. The van der Waals surface area contributed by atoms with Gasteiger partial charge < -0.3 is 15.4 Å². The molecular formula is C18H23ClIN5O2. The summed E-state index contributed by atoms with van der Waals surface area (Å²) in [5.41, 5.74) is 2.84. The van der Waals surface area contributed by atoms with Gasteiger partial charge >= 0.3 is 6.09 Å². The van der Waals surface area contributed by atoms with Gasteiger partial charge in [0, 0.05) is 32.0 Å². The van der Waals surface area contributed by atoms with E-state index in [1.165, 1.54) is 7.11 Å². The summed E-state index contributed by atoms with van der Waals surface area (Å²) < 4.78 is 4.56. The van der Waals surface area contributed by atoms with Crippen LogP contribution in [0.3, 0.4) is 0 Å². The van der Waals surface area contributed by atoms with Gasteiger partial charge in [-0.2, -0.15) is 0 Å². The zero-order valence-corrected chi connectivity index (χ0v) is 18.2. The number of pyridine rings is 1. The number of nitrogens with zero attached hydrogens (tertiary/aromatic N) is 2. The van der Waals surface area contributed by atoms with Crippen LogP contribution in [0.15, 0.2) is 47.6 Å². The summed E-state index contributed by atoms with van der Waals surface area (Å²) >= 11 is 5.78. The minimum absolute atomic E-state index is 0. The van der Waals surface area contributed by atoms with Crippen LogP contribution in [0.1, 0.15) is 11.1 Å². The van der Waals surface area contributed by atoms with E-state index in [2.05, 4.69) is 30.7 Å². The second kappa shape index (κ2) is 12.3. The van der Waals surface area contributed by atoms with E-state index in [-0.39, 0.29) is 24.0 Å². The molecular weight excluding hydrogens is 481 g/mol. The Labute approximate surface area is 181 Å². The van der Waals surface area contributed by atoms with Gasteiger partial charge in [0.2, 0.25) is 0 Å². The van der Waals surface area contributed by atoms with Gasteiger partial charge in [0.25, 0.3) is 0 Å². The summed E-state index contributed by atoms with van der Waals surface area (Å²) in [6.07, 6.45) is 2.10. The van der Waals surface area contributed by atoms with Crippen LogP contribution >= 0.6 is 35.6 Å². The van der Waals surface area contributed by atoms with Crippen LogP contribution in [-0.2, 0) is 17.7 Å². The highest BCUT2D eigenvalue weighted by atomic mass is 127. The largest absolute Gasteiger partial charge is 0.453 e. The van der Waals surface area contributed by atoms with E-state index in [1.807, 2.05) is 30.3 Å². The van der Waals surface area contributed by atoms with Crippen molar-refractivity contribution in [1.82, 2.24) is 15.6 Å². The first-order chi connectivity index (χ1) is 12.6. The Morgan fingerprint density at radius 2 is 1.85 bits per heavy atom. The first kappa shape index (κ1) is 23.0. The maximum atomic E-state index is 11.2. The molecule has 2 rings (SSSR count). The van der Waals surface area contributed by atoms with Gasteiger partial charge in [-0.15, -0.1) is 24.0 Å². The second-order valence-corrected chi connectivity index (χ2v) is 5.79. The van der Waals surface area contributed by atoms with Crippen LogP contribution < -0.4 is 16.0 Å². The molecule has 1 amide bonds. The lowest BCUT2D eigenvalue weighted by Crippen LogP contribution is -2.37. The molecule has 7 nitrogen and oxygen atoms in total. The van der Waals surface area contributed by atoms with Crippen molar-refractivity contribution in [1.29, 1.82) is 0 Å². The Hall–Kier alpha value is -2.07. The van der Waals surface area contributed by atoms with Gasteiger partial charge in [-0.25, -0.2) is 9.78 Å². The number of rotatable bonds is 6. The Morgan fingerprint density at radius 3 is 2.44 bits per heavy atom. The van der Waals surface area contributed by atoms with E-state index in [9.17, 15) is 4.79 Å². The average Bonchev–Trinajstić information content (AvgIpc) is 2.67. The number of halogens is 2. The van der Waals surface area contributed by atoms with E-state index in [0.717, 1.165) is 24.1 Å². The SMILES string of the molecule is CN=C(NCCc1ccc(Cl)nc1)NCc1ccc(NC(=O)OC)cc1.I. The highest BCUT2D eigenvalue weighted by molar-refractivity contribution is 14.0. The van der Waals surface area contributed by atoms with Crippen molar-refractivity contribution in [3.8, 4) is 0 Å². The number of hydrogen-bond acceptors (Lipinski definition) is 4. The molecule has 0 saturated heterocycles. The number of amides is 1. The summed E-state index contributed by atoms with van der Waals surface area (Å²) in [6.45, 7) is 1.34. The van der Waals surface area contributed by atoms with Crippen LogP contribution in [-0.4, -0.2) is 37.7 Å². The molecule has 1 heterocycles. The number of anilines is 1. The van der Waals surface area contributed by atoms with Gasteiger partial charge in [0.15, 0.2) is 5.96 Å². The molecule has 27 heavy (non-hydrogen) atoms. The van der Waals surface area contributed by atoms with Crippen molar-refractivity contribution in [2.75, 3.05) is 26.0 Å². The minimum atomic E-state index is -0.489. The average molecular weight is 504 g/mol. The topological polar surface area (TPSA) is 87.6 Å². The minimum Gasteiger partial charge on any atom is -0.453 e. The monoisotopic (exact) mass is 503 g/mol. The molecule has 146 valence electrons. The van der Waals surface area contributed by atoms with E-state index >= 15 is 0 Å². The number of benzene rings is 1. The molecule has 1 aromatic heterocycles. The predicted octanol–water partition coefficient (Wildman–Crippen LogP) is 3.44. The normalized spacial score (nSPS) is 10.6. The highest BCUT2D eigenvalue weighted by Crippen LogP contribution is 2.09. The maximum absolute atomic E-state index is 11.2. The van der Waals surface area contributed by atoms with Crippen molar-refractivity contribution in [2.24, 2.45) is 4.99 Å². The lowest BCUT2D eigenvalue weighted by atomic mass is 10.2. The molecule has 0 bridgehead atoms. The smallest absolute Gasteiger partial charge is 0.411 e. The third kappa shape index (κ3) is 8.44. The van der Waals surface area contributed by atoms with Gasteiger partial charge in [-0.1, -0.05) is 29.8 Å². The number of hydrogen-bond donors (Lipinski definition) is 3. The molecule has 0 aliphatic rings. The lowest BCUT2D eigenvalue weighted by molar-refractivity contribution is 0.187. The van der Waals surface area contributed by atoms with Crippen molar-refractivity contribution in [3.05, 3.63) is 58.9 Å². The number of methoxy groups -OCH3 is 1. The van der Waals surface area contributed by atoms with Gasteiger partial charge in [0.05, 0.1) is 7.11 Å². The molecule has 0 radical (unpaired) electrons. The van der Waals surface area contributed by atoms with Gasteiger partial charge in [0.1, 0.15) is 5.15 Å². The van der Waals surface area contributed by atoms with Crippen LogP contribution in [0, 0.1) is 0 Å². The fourth-order valence-electron chi connectivity index (χ4n) is 2.16. The molecule has 2 aromatic rings. The summed E-state index contributed by atoms with van der Waals surface area (Å²) in [5, 5.41) is 9.60.